The van der Waals surface area contributed by atoms with Crippen LogP contribution in [0.25, 0.3) is 0 Å². The molecule has 1 aromatic carbocycles. The molecule has 182 valence electrons. The van der Waals surface area contributed by atoms with E-state index >= 15 is 0 Å². The number of benzene rings is 1. The fourth-order valence-electron chi connectivity index (χ4n) is 4.12. The highest BCUT2D eigenvalue weighted by molar-refractivity contribution is 5.82. The van der Waals surface area contributed by atoms with E-state index in [-0.39, 0.29) is 11.6 Å². The molecule has 0 radical (unpaired) electrons. The van der Waals surface area contributed by atoms with E-state index in [1.807, 2.05) is 0 Å². The Morgan fingerprint density at radius 1 is 1.39 bits per heavy atom. The van der Waals surface area contributed by atoms with Crippen molar-refractivity contribution < 1.29 is 18.3 Å². The number of ether oxygens (including phenoxy) is 1. The quantitative estimate of drug-likeness (QED) is 0.362. The van der Waals surface area contributed by atoms with Crippen molar-refractivity contribution in [3.05, 3.63) is 46.8 Å². The minimum absolute atomic E-state index is 0.0398. The second-order valence-electron chi connectivity index (χ2n) is 7.89. The molecular formula is C23H34F2N6O2. The number of hydrogen-bond acceptors (Lipinski definition) is 7. The van der Waals surface area contributed by atoms with E-state index in [1.54, 1.807) is 7.05 Å². The van der Waals surface area contributed by atoms with Gasteiger partial charge in [-0.3, -0.25) is 14.9 Å². The molecule has 0 spiro atoms. The van der Waals surface area contributed by atoms with Crippen LogP contribution in [0.5, 0.6) is 0 Å². The Bertz CT molecular complexity index is 892. The second-order valence-corrected chi connectivity index (χ2v) is 7.89. The molecule has 2 heterocycles. The first-order valence-corrected chi connectivity index (χ1v) is 10.9. The summed E-state index contributed by atoms with van der Waals surface area (Å²) in [4.78, 5) is 21.4. The summed E-state index contributed by atoms with van der Waals surface area (Å²) < 4.78 is 33.7. The predicted octanol–water partition coefficient (Wildman–Crippen LogP) is 1.86. The van der Waals surface area contributed by atoms with Crippen LogP contribution in [-0.2, 0) is 9.53 Å². The van der Waals surface area contributed by atoms with Crippen molar-refractivity contribution in [3.8, 4) is 0 Å². The molecule has 33 heavy (non-hydrogen) atoms. The Kier molecular flexibility index (Phi) is 10.1. The predicted molar refractivity (Wildman–Crippen MR) is 126 cm³/mol. The molecule has 2 unspecified atom stereocenters. The maximum atomic E-state index is 14.2. The highest BCUT2D eigenvalue weighted by Crippen LogP contribution is 2.33. The van der Waals surface area contributed by atoms with Crippen LogP contribution in [-0.4, -0.2) is 80.6 Å². The minimum Gasteiger partial charge on any atom is -0.386 e. The van der Waals surface area contributed by atoms with Crippen LogP contribution in [0.1, 0.15) is 31.9 Å². The van der Waals surface area contributed by atoms with Gasteiger partial charge >= 0.3 is 0 Å². The van der Waals surface area contributed by atoms with Crippen molar-refractivity contribution in [1.82, 2.24) is 9.80 Å². The molecule has 3 atom stereocenters. The van der Waals surface area contributed by atoms with E-state index in [0.717, 1.165) is 42.4 Å². The Balaban J connectivity index is 0.00000122. The molecular weight excluding hydrogens is 430 g/mol. The van der Waals surface area contributed by atoms with Gasteiger partial charge in [0, 0.05) is 44.3 Å². The Morgan fingerprint density at radius 2 is 2.09 bits per heavy atom. The van der Waals surface area contributed by atoms with E-state index in [1.165, 1.54) is 6.92 Å². The Morgan fingerprint density at radius 3 is 2.67 bits per heavy atom. The van der Waals surface area contributed by atoms with Crippen molar-refractivity contribution in [3.63, 3.8) is 0 Å². The maximum Gasteiger partial charge on any atom is 0.129 e. The molecule has 10 heteroatoms. The number of likely N-dealkylation sites (N-methyl/N-ethyl adjacent to an activating group) is 1. The number of nitrogens with zero attached hydrogens (tertiary/aromatic N) is 4. The number of hydrogen-bond donors (Lipinski definition) is 2. The highest BCUT2D eigenvalue weighted by Gasteiger charge is 2.37. The smallest absolute Gasteiger partial charge is 0.129 e. The molecule has 8 nitrogen and oxygen atoms in total. The molecule has 3 rings (SSSR count). The zero-order valence-corrected chi connectivity index (χ0v) is 19.5. The summed E-state index contributed by atoms with van der Waals surface area (Å²) in [7, 11) is 1.67. The average molecular weight is 465 g/mol. The standard InChI is InChI=1S/C21H30F2N6O.C2H4O/c1-4-28(11-20(25)27-3)19-10-29(9-18(19)26-2)14-8-17(24)21(30-12-14)15-7-13(22)5-6-16(15)23;1-2-3/h5-7,14,17,21H,2,4,8-12,24H2,1,3H3,(H2,25,27);2H,1H3/t14?,17?,21-;/m1./s1. The van der Waals surface area contributed by atoms with Crippen LogP contribution in [0.15, 0.2) is 39.6 Å². The van der Waals surface area contributed by atoms with Gasteiger partial charge in [-0.1, -0.05) is 0 Å². The van der Waals surface area contributed by atoms with Crippen LogP contribution < -0.4 is 11.5 Å². The number of aldehydes is 1. The number of halogens is 2. The lowest BCUT2D eigenvalue weighted by Crippen LogP contribution is -2.49. The molecule has 2 aliphatic heterocycles. The summed E-state index contributed by atoms with van der Waals surface area (Å²) >= 11 is 0. The monoisotopic (exact) mass is 464 g/mol. The van der Waals surface area contributed by atoms with E-state index in [2.05, 4.69) is 33.4 Å². The third-order valence-electron chi connectivity index (χ3n) is 5.82. The molecule has 0 saturated carbocycles. The molecule has 1 aromatic rings. The van der Waals surface area contributed by atoms with Crippen molar-refractivity contribution in [2.75, 3.05) is 39.8 Å². The first-order chi connectivity index (χ1) is 15.8. The van der Waals surface area contributed by atoms with Gasteiger partial charge in [0.05, 0.1) is 24.5 Å². The van der Waals surface area contributed by atoms with Gasteiger partial charge in [0.15, 0.2) is 0 Å². The van der Waals surface area contributed by atoms with Gasteiger partial charge in [-0.05, 0) is 45.2 Å². The average Bonchev–Trinajstić information content (AvgIpc) is 3.24. The second kappa shape index (κ2) is 12.5. The molecule has 0 aromatic heterocycles. The molecule has 1 saturated heterocycles. The summed E-state index contributed by atoms with van der Waals surface area (Å²) in [6.07, 6.45) is 0.680. The lowest BCUT2D eigenvalue weighted by molar-refractivity contribution is -0.106. The van der Waals surface area contributed by atoms with Gasteiger partial charge < -0.3 is 25.9 Å². The molecule has 2 aliphatic rings. The van der Waals surface area contributed by atoms with Crippen LogP contribution in [0.3, 0.4) is 0 Å². The van der Waals surface area contributed by atoms with E-state index < -0.39 is 23.8 Å². The number of carbonyl (C=O) groups is 1. The van der Waals surface area contributed by atoms with Crippen molar-refractivity contribution >= 4 is 18.8 Å². The van der Waals surface area contributed by atoms with E-state index in [9.17, 15) is 8.78 Å². The van der Waals surface area contributed by atoms with E-state index in [0.29, 0.717) is 38.5 Å². The number of nitrogens with two attached hydrogens (primary N) is 2. The first-order valence-electron chi connectivity index (χ1n) is 10.9. The van der Waals surface area contributed by atoms with Gasteiger partial charge in [-0.15, -0.1) is 0 Å². The van der Waals surface area contributed by atoms with Crippen LogP contribution in [0.2, 0.25) is 0 Å². The summed E-state index contributed by atoms with van der Waals surface area (Å²) in [5.41, 5.74) is 14.4. The normalized spacial score (nSPS) is 23.7. The van der Waals surface area contributed by atoms with Crippen molar-refractivity contribution in [1.29, 1.82) is 0 Å². The minimum atomic E-state index is -0.670. The lowest BCUT2D eigenvalue weighted by atomic mass is 9.93. The zero-order valence-electron chi connectivity index (χ0n) is 19.5. The number of amidine groups is 1. The first kappa shape index (κ1) is 26.6. The fraction of sp³-hybridized carbons (Fsp3) is 0.522. The highest BCUT2D eigenvalue weighted by atomic mass is 19.1. The SMILES string of the molecule is C=NC1=C(N(CC)CC(N)=NC)CN(C2CO[C@H](c3cc(F)ccc3F)C(N)C2)C1.CC=O. The molecule has 0 amide bonds. The lowest BCUT2D eigenvalue weighted by Gasteiger charge is -2.39. The molecule has 1 fully saturated rings. The summed E-state index contributed by atoms with van der Waals surface area (Å²) in [5, 5.41) is 0. The van der Waals surface area contributed by atoms with Gasteiger partial charge in [-0.2, -0.15) is 0 Å². The fourth-order valence-corrected chi connectivity index (χ4v) is 4.12. The largest absolute Gasteiger partial charge is 0.386 e. The van der Waals surface area contributed by atoms with E-state index in [4.69, 9.17) is 21.0 Å². The summed E-state index contributed by atoms with van der Waals surface area (Å²) in [5.74, 6) is -0.463. The maximum absolute atomic E-state index is 14.2. The molecule has 4 N–H and O–H groups in total. The number of rotatable bonds is 7. The Hall–Kier alpha value is -2.69. The van der Waals surface area contributed by atoms with Crippen LogP contribution in [0.4, 0.5) is 8.78 Å². The van der Waals surface area contributed by atoms with Crippen molar-refractivity contribution in [2.24, 2.45) is 21.5 Å². The third-order valence-corrected chi connectivity index (χ3v) is 5.82. The van der Waals surface area contributed by atoms with Crippen LogP contribution in [0, 0.1) is 11.6 Å². The number of aliphatic imine (C=N–C) groups is 2. The van der Waals surface area contributed by atoms with Crippen LogP contribution >= 0.6 is 0 Å². The topological polar surface area (TPSA) is 110 Å². The van der Waals surface area contributed by atoms with Crippen molar-refractivity contribution in [2.45, 2.75) is 38.5 Å². The third kappa shape index (κ3) is 6.66. The number of carbonyl (C=O) groups excluding carboxylic acids is 1. The van der Waals surface area contributed by atoms with Gasteiger partial charge in [0.25, 0.3) is 0 Å². The summed E-state index contributed by atoms with van der Waals surface area (Å²) in [6.45, 7) is 10.2. The molecule has 0 bridgehead atoms. The summed E-state index contributed by atoms with van der Waals surface area (Å²) in [6, 6.07) is 2.95. The zero-order chi connectivity index (χ0) is 24.5. The van der Waals surface area contributed by atoms with Gasteiger partial charge in [0.1, 0.15) is 29.9 Å². The molecule has 0 aliphatic carbocycles. The van der Waals surface area contributed by atoms with Gasteiger partial charge in [-0.25, -0.2) is 8.78 Å². The Labute approximate surface area is 194 Å². The van der Waals surface area contributed by atoms with Gasteiger partial charge in [0.2, 0.25) is 0 Å².